The van der Waals surface area contributed by atoms with Gasteiger partial charge in [-0.25, -0.2) is 0 Å². The first-order valence-electron chi connectivity index (χ1n) is 8.91. The summed E-state index contributed by atoms with van der Waals surface area (Å²) in [6.45, 7) is 5.87. The lowest BCUT2D eigenvalue weighted by atomic mass is 10.1. The number of nitrogens with zero attached hydrogens (tertiary/aromatic N) is 5. The van der Waals surface area contributed by atoms with Gasteiger partial charge < -0.3 is 19.6 Å². The Morgan fingerprint density at radius 1 is 1.38 bits per heavy atom. The molecule has 1 saturated carbocycles. The summed E-state index contributed by atoms with van der Waals surface area (Å²) in [6, 6.07) is 2.54. The zero-order chi connectivity index (χ0) is 16.9. The van der Waals surface area contributed by atoms with Crippen LogP contribution in [0.1, 0.15) is 18.5 Å². The van der Waals surface area contributed by atoms with Gasteiger partial charge in [-0.15, -0.1) is 0 Å². The maximum atomic E-state index is 4.91. The highest BCUT2D eigenvalue weighted by atomic mass is 16.5. The van der Waals surface area contributed by atoms with Crippen molar-refractivity contribution in [2.75, 3.05) is 53.9 Å². The van der Waals surface area contributed by atoms with E-state index < -0.39 is 0 Å². The molecular weight excluding hydrogens is 304 g/mol. The van der Waals surface area contributed by atoms with E-state index in [0.29, 0.717) is 6.04 Å². The van der Waals surface area contributed by atoms with Crippen molar-refractivity contribution in [2.24, 2.45) is 10.9 Å². The Balaban J connectivity index is 1.45. The van der Waals surface area contributed by atoms with E-state index in [-0.39, 0.29) is 0 Å². The third-order valence-corrected chi connectivity index (χ3v) is 5.06. The maximum absolute atomic E-state index is 4.91. The zero-order valence-electron chi connectivity index (χ0n) is 15.1. The minimum absolute atomic E-state index is 0.607. The van der Waals surface area contributed by atoms with E-state index in [0.717, 1.165) is 56.8 Å². The molecule has 7 nitrogen and oxygen atoms in total. The van der Waals surface area contributed by atoms with E-state index in [9.17, 15) is 0 Å². The Morgan fingerprint density at radius 3 is 2.67 bits per heavy atom. The molecular formula is C17H30N6O. The number of hydrogen-bond acceptors (Lipinski definition) is 5. The summed E-state index contributed by atoms with van der Waals surface area (Å²) in [6.07, 6.45) is 4.37. The van der Waals surface area contributed by atoms with E-state index in [2.05, 4.69) is 44.3 Å². The predicted octanol–water partition coefficient (Wildman–Crippen LogP) is 0.708. The van der Waals surface area contributed by atoms with Crippen molar-refractivity contribution in [1.29, 1.82) is 0 Å². The number of hydrogen-bond donors (Lipinski definition) is 1. The van der Waals surface area contributed by atoms with Crippen LogP contribution < -0.4 is 5.32 Å². The molecule has 134 valence electrons. The fraction of sp³-hybridized carbons (Fsp3) is 0.765. The van der Waals surface area contributed by atoms with Crippen molar-refractivity contribution in [3.63, 3.8) is 0 Å². The van der Waals surface area contributed by atoms with E-state index in [1.807, 2.05) is 13.1 Å². The van der Waals surface area contributed by atoms with Gasteiger partial charge in [0.25, 0.3) is 0 Å². The maximum Gasteiger partial charge on any atom is 0.193 e. The lowest BCUT2D eigenvalue weighted by molar-refractivity contribution is 0.168. The molecule has 1 N–H and O–H groups in total. The Morgan fingerprint density at radius 2 is 2.12 bits per heavy atom. The molecule has 2 aliphatic rings. The smallest absolute Gasteiger partial charge is 0.193 e. The molecule has 0 bridgehead atoms. The minimum atomic E-state index is 0.607. The quantitative estimate of drug-likeness (QED) is 0.611. The van der Waals surface area contributed by atoms with Gasteiger partial charge >= 0.3 is 0 Å². The molecule has 0 aromatic carbocycles. The van der Waals surface area contributed by atoms with Gasteiger partial charge in [-0.3, -0.25) is 9.89 Å². The van der Waals surface area contributed by atoms with Crippen LogP contribution in [0.2, 0.25) is 0 Å². The van der Waals surface area contributed by atoms with Gasteiger partial charge in [-0.05, 0) is 32.9 Å². The number of piperazine rings is 1. The van der Waals surface area contributed by atoms with Crippen LogP contribution in [-0.4, -0.2) is 85.7 Å². The molecule has 1 aliphatic carbocycles. The third-order valence-electron chi connectivity index (χ3n) is 5.06. The number of guanidine groups is 1. The summed E-state index contributed by atoms with van der Waals surface area (Å²) in [5, 5.41) is 7.59. The van der Waals surface area contributed by atoms with Crippen molar-refractivity contribution < 1.29 is 4.52 Å². The molecule has 1 aliphatic heterocycles. The standard InChI is InChI=1S/C17H30N6O/c1-18-17(19-12-16(21(2)3)14-4-5-14)23-9-7-22(8-10-23)13-15-6-11-24-20-15/h6,11,14,16H,4-5,7-10,12-13H2,1-3H3,(H,18,19). The summed E-state index contributed by atoms with van der Waals surface area (Å²) in [4.78, 5) is 11.6. The number of aromatic nitrogens is 1. The Bertz CT molecular complexity index is 515. The fourth-order valence-corrected chi connectivity index (χ4v) is 3.45. The average Bonchev–Trinajstić information content (AvgIpc) is 3.28. The number of rotatable bonds is 6. The average molecular weight is 334 g/mol. The van der Waals surface area contributed by atoms with Crippen molar-refractivity contribution in [3.8, 4) is 0 Å². The molecule has 1 atom stereocenters. The number of nitrogens with one attached hydrogen (secondary N) is 1. The van der Waals surface area contributed by atoms with Gasteiger partial charge in [-0.2, -0.15) is 0 Å². The first-order chi connectivity index (χ1) is 11.7. The van der Waals surface area contributed by atoms with Crippen LogP contribution in [0.3, 0.4) is 0 Å². The summed E-state index contributed by atoms with van der Waals surface area (Å²) < 4.78 is 4.91. The number of likely N-dealkylation sites (N-methyl/N-ethyl adjacent to an activating group) is 1. The molecule has 2 fully saturated rings. The van der Waals surface area contributed by atoms with Crippen LogP contribution >= 0.6 is 0 Å². The normalized spacial score (nSPS) is 21.3. The fourth-order valence-electron chi connectivity index (χ4n) is 3.45. The van der Waals surface area contributed by atoms with Gasteiger partial charge in [-0.1, -0.05) is 5.16 Å². The molecule has 7 heteroatoms. The van der Waals surface area contributed by atoms with Gasteiger partial charge in [0.1, 0.15) is 6.26 Å². The van der Waals surface area contributed by atoms with E-state index in [1.54, 1.807) is 6.26 Å². The molecule has 3 rings (SSSR count). The first-order valence-corrected chi connectivity index (χ1v) is 8.91. The van der Waals surface area contributed by atoms with E-state index in [4.69, 9.17) is 4.52 Å². The van der Waals surface area contributed by atoms with Gasteiger partial charge in [0.05, 0.1) is 5.69 Å². The Hall–Kier alpha value is -1.60. The molecule has 0 spiro atoms. The van der Waals surface area contributed by atoms with Crippen molar-refractivity contribution in [1.82, 2.24) is 25.2 Å². The lowest BCUT2D eigenvalue weighted by Gasteiger charge is -2.37. The molecule has 0 amide bonds. The second-order valence-corrected chi connectivity index (χ2v) is 7.05. The predicted molar refractivity (Wildman–Crippen MR) is 94.9 cm³/mol. The van der Waals surface area contributed by atoms with Crippen molar-refractivity contribution in [3.05, 3.63) is 18.0 Å². The Kier molecular flexibility index (Phi) is 5.73. The monoisotopic (exact) mass is 334 g/mol. The highest BCUT2D eigenvalue weighted by Gasteiger charge is 2.32. The number of aliphatic imine (C=N–C) groups is 1. The molecule has 1 unspecified atom stereocenters. The van der Waals surface area contributed by atoms with E-state index >= 15 is 0 Å². The van der Waals surface area contributed by atoms with Gasteiger partial charge in [0.2, 0.25) is 0 Å². The minimum Gasteiger partial charge on any atom is -0.364 e. The summed E-state index contributed by atoms with van der Waals surface area (Å²) >= 11 is 0. The molecule has 1 aromatic heterocycles. The van der Waals surface area contributed by atoms with Crippen LogP contribution in [-0.2, 0) is 6.54 Å². The van der Waals surface area contributed by atoms with Crippen LogP contribution in [0.4, 0.5) is 0 Å². The Labute approximate surface area is 144 Å². The SMILES string of the molecule is CN=C(NCC(C1CC1)N(C)C)N1CCN(Cc2ccon2)CC1. The second-order valence-electron chi connectivity index (χ2n) is 7.05. The van der Waals surface area contributed by atoms with Gasteiger partial charge in [0.15, 0.2) is 5.96 Å². The summed E-state index contributed by atoms with van der Waals surface area (Å²) in [5.74, 6) is 1.88. The zero-order valence-corrected chi connectivity index (χ0v) is 15.1. The third kappa shape index (κ3) is 4.48. The van der Waals surface area contributed by atoms with Crippen molar-refractivity contribution in [2.45, 2.75) is 25.4 Å². The van der Waals surface area contributed by atoms with Crippen LogP contribution in [0.15, 0.2) is 21.8 Å². The van der Waals surface area contributed by atoms with Crippen LogP contribution in [0.25, 0.3) is 0 Å². The largest absolute Gasteiger partial charge is 0.364 e. The van der Waals surface area contributed by atoms with Crippen molar-refractivity contribution >= 4 is 5.96 Å². The summed E-state index contributed by atoms with van der Waals surface area (Å²) in [5.41, 5.74) is 1.00. The first kappa shape index (κ1) is 17.2. The van der Waals surface area contributed by atoms with Crippen LogP contribution in [0.5, 0.6) is 0 Å². The highest BCUT2D eigenvalue weighted by molar-refractivity contribution is 5.80. The highest BCUT2D eigenvalue weighted by Crippen LogP contribution is 2.34. The molecule has 1 saturated heterocycles. The van der Waals surface area contributed by atoms with Gasteiger partial charge in [0, 0.05) is 58.4 Å². The molecule has 2 heterocycles. The van der Waals surface area contributed by atoms with Crippen LogP contribution in [0, 0.1) is 5.92 Å². The lowest BCUT2D eigenvalue weighted by Crippen LogP contribution is -2.54. The summed E-state index contributed by atoms with van der Waals surface area (Å²) in [7, 11) is 6.23. The molecule has 0 radical (unpaired) electrons. The topological polar surface area (TPSA) is 60.1 Å². The van der Waals surface area contributed by atoms with E-state index in [1.165, 1.54) is 12.8 Å². The second kappa shape index (κ2) is 7.98. The molecule has 24 heavy (non-hydrogen) atoms. The molecule has 1 aromatic rings.